The van der Waals surface area contributed by atoms with Crippen molar-refractivity contribution in [1.29, 1.82) is 0 Å². The molecule has 0 bridgehead atoms. The molecule has 0 amide bonds. The number of fused-ring (bicyclic) bond motifs is 1. The Balaban J connectivity index is 1.62. The van der Waals surface area contributed by atoms with E-state index in [1.54, 1.807) is 12.1 Å². The Morgan fingerprint density at radius 2 is 1.79 bits per heavy atom. The lowest BCUT2D eigenvalue weighted by Gasteiger charge is -2.04. The Kier molecular flexibility index (Phi) is 3.69. The van der Waals surface area contributed by atoms with Gasteiger partial charge >= 0.3 is 0 Å². The van der Waals surface area contributed by atoms with Gasteiger partial charge in [0.15, 0.2) is 0 Å². The molecule has 24 heavy (non-hydrogen) atoms. The van der Waals surface area contributed by atoms with Gasteiger partial charge in [-0.3, -0.25) is 0 Å². The van der Waals surface area contributed by atoms with Crippen molar-refractivity contribution in [3.8, 4) is 0 Å². The summed E-state index contributed by atoms with van der Waals surface area (Å²) in [5.41, 5.74) is 2.42. The number of hydrogen-bond donors (Lipinski definition) is 1. The van der Waals surface area contributed by atoms with Crippen LogP contribution in [-0.4, -0.2) is 13.7 Å². The lowest BCUT2D eigenvalue weighted by atomic mass is 10.0. The molecule has 4 rings (SSSR count). The zero-order valence-electron chi connectivity index (χ0n) is 13.3. The number of primary sulfonamides is 1. The number of nitrogens with two attached hydrogens (primary N) is 1. The Morgan fingerprint density at radius 3 is 2.42 bits per heavy atom. The molecule has 0 spiro atoms. The normalized spacial score (nSPS) is 27.4. The standard InChI is InChI=1S/C17H18N2O2S3/c1-17(2)15(11-7-9-12(10-8-11)24(18,20)21)16(17)23-19-13-5-3-4-6-14(13)22-23/h3-10,15-16H,1-2H3,(H2,18,20,21)/t15-,16+,23?/m1/s1. The van der Waals surface area contributed by atoms with Crippen molar-refractivity contribution in [3.05, 3.63) is 54.1 Å². The van der Waals surface area contributed by atoms with E-state index in [4.69, 9.17) is 9.50 Å². The van der Waals surface area contributed by atoms with Gasteiger partial charge in [-0.15, -0.1) is 0 Å². The van der Waals surface area contributed by atoms with E-state index >= 15 is 0 Å². The van der Waals surface area contributed by atoms with Gasteiger partial charge in [-0.05, 0) is 55.8 Å². The molecule has 0 radical (unpaired) electrons. The topological polar surface area (TPSA) is 72.5 Å². The summed E-state index contributed by atoms with van der Waals surface area (Å²) in [5.74, 6) is 0.390. The first-order chi connectivity index (χ1) is 11.3. The maximum absolute atomic E-state index is 11.4. The van der Waals surface area contributed by atoms with E-state index in [2.05, 4.69) is 32.0 Å². The highest BCUT2D eigenvalue weighted by Crippen LogP contribution is 2.65. The zero-order chi connectivity index (χ0) is 17.1. The van der Waals surface area contributed by atoms with Crippen LogP contribution in [0.2, 0.25) is 0 Å². The summed E-state index contributed by atoms with van der Waals surface area (Å²) in [7, 11) is -1.87. The lowest BCUT2D eigenvalue weighted by Crippen LogP contribution is -2.11. The summed E-state index contributed by atoms with van der Waals surface area (Å²) in [5, 5.41) is 5.65. The molecule has 1 aliphatic carbocycles. The second-order valence-electron chi connectivity index (χ2n) is 6.75. The molecule has 3 atom stereocenters. The van der Waals surface area contributed by atoms with Gasteiger partial charge < -0.3 is 0 Å². The van der Waals surface area contributed by atoms with Crippen LogP contribution in [0, 0.1) is 5.41 Å². The third-order valence-corrected chi connectivity index (χ3v) is 9.95. The fraction of sp³-hybridized carbons (Fsp3) is 0.294. The molecule has 1 heterocycles. The zero-order valence-corrected chi connectivity index (χ0v) is 15.8. The smallest absolute Gasteiger partial charge is 0.225 e. The van der Waals surface area contributed by atoms with Gasteiger partial charge in [0.25, 0.3) is 0 Å². The van der Waals surface area contributed by atoms with Gasteiger partial charge in [-0.25, -0.2) is 17.9 Å². The number of sulfonamides is 1. The maximum Gasteiger partial charge on any atom is 0.238 e. The highest BCUT2D eigenvalue weighted by Gasteiger charge is 2.61. The van der Waals surface area contributed by atoms with E-state index in [1.807, 2.05) is 29.0 Å². The van der Waals surface area contributed by atoms with Crippen molar-refractivity contribution in [2.75, 3.05) is 0 Å². The van der Waals surface area contributed by atoms with E-state index in [0.717, 1.165) is 11.3 Å². The third-order valence-electron chi connectivity index (χ3n) is 4.74. The molecule has 1 aliphatic heterocycles. The van der Waals surface area contributed by atoms with Gasteiger partial charge in [-0.2, -0.15) is 0 Å². The van der Waals surface area contributed by atoms with E-state index in [-0.39, 0.29) is 20.0 Å². The molecular weight excluding hydrogens is 360 g/mol. The third kappa shape index (κ3) is 2.63. The Morgan fingerprint density at radius 1 is 1.12 bits per heavy atom. The molecule has 1 fully saturated rings. The van der Waals surface area contributed by atoms with Crippen LogP contribution in [0.1, 0.15) is 25.3 Å². The fourth-order valence-corrected chi connectivity index (χ4v) is 9.10. The highest BCUT2D eigenvalue weighted by molar-refractivity contribution is 8.70. The van der Waals surface area contributed by atoms with Crippen LogP contribution in [0.5, 0.6) is 0 Å². The predicted molar refractivity (Wildman–Crippen MR) is 99.9 cm³/mol. The SMILES string of the molecule is CC1(C)[C@H](c2ccc(S(N)(=O)=O)cc2)[C@@H]1S1=Nc2ccccc2S1. The summed E-state index contributed by atoms with van der Waals surface area (Å²) in [6.45, 7) is 4.53. The van der Waals surface area contributed by atoms with Crippen LogP contribution in [0.15, 0.2) is 62.7 Å². The van der Waals surface area contributed by atoms with E-state index in [0.29, 0.717) is 11.2 Å². The fourth-order valence-electron chi connectivity index (χ4n) is 3.36. The van der Waals surface area contributed by atoms with Crippen molar-refractivity contribution in [3.63, 3.8) is 0 Å². The van der Waals surface area contributed by atoms with E-state index in [9.17, 15) is 8.42 Å². The molecule has 2 aromatic rings. The van der Waals surface area contributed by atoms with Crippen LogP contribution < -0.4 is 5.14 Å². The monoisotopic (exact) mass is 378 g/mol. The number of benzene rings is 2. The minimum Gasteiger partial charge on any atom is -0.225 e. The number of nitrogens with zero attached hydrogens (tertiary/aromatic N) is 1. The first kappa shape index (κ1) is 16.3. The summed E-state index contributed by atoms with van der Waals surface area (Å²) >= 11 is 0. The van der Waals surface area contributed by atoms with Crippen molar-refractivity contribution in [2.45, 2.75) is 34.8 Å². The van der Waals surface area contributed by atoms with Crippen LogP contribution in [-0.2, 0) is 19.7 Å². The van der Waals surface area contributed by atoms with Crippen molar-refractivity contribution < 1.29 is 8.42 Å². The maximum atomic E-state index is 11.4. The minimum absolute atomic E-state index is 0.0881. The Bertz CT molecular complexity index is 950. The molecular formula is C17H18N2O2S3. The first-order valence-electron chi connectivity index (χ1n) is 7.63. The Labute approximate surface area is 148 Å². The predicted octanol–water partition coefficient (Wildman–Crippen LogP) is 3.98. The largest absolute Gasteiger partial charge is 0.238 e. The van der Waals surface area contributed by atoms with Gasteiger partial charge in [0.2, 0.25) is 10.0 Å². The lowest BCUT2D eigenvalue weighted by molar-refractivity contribution is 0.597. The minimum atomic E-state index is -3.64. The molecule has 0 aromatic heterocycles. The quantitative estimate of drug-likeness (QED) is 0.821. The number of hydrogen-bond acceptors (Lipinski definition) is 4. The summed E-state index contributed by atoms with van der Waals surface area (Å²) < 4.78 is 27.8. The van der Waals surface area contributed by atoms with Crippen LogP contribution in [0.4, 0.5) is 5.69 Å². The highest BCUT2D eigenvalue weighted by atomic mass is 33.1. The molecule has 126 valence electrons. The van der Waals surface area contributed by atoms with Crippen molar-refractivity contribution in [1.82, 2.24) is 0 Å². The van der Waals surface area contributed by atoms with E-state index < -0.39 is 10.0 Å². The second-order valence-corrected chi connectivity index (χ2v) is 11.7. The first-order valence-corrected chi connectivity index (χ1v) is 11.8. The molecule has 1 unspecified atom stereocenters. The van der Waals surface area contributed by atoms with Crippen LogP contribution >= 0.6 is 10.8 Å². The van der Waals surface area contributed by atoms with Crippen molar-refractivity contribution >= 4 is 36.2 Å². The molecule has 7 heteroatoms. The van der Waals surface area contributed by atoms with Crippen LogP contribution in [0.3, 0.4) is 0 Å². The van der Waals surface area contributed by atoms with Crippen molar-refractivity contribution in [2.24, 2.45) is 14.9 Å². The molecule has 1 saturated carbocycles. The molecule has 0 saturated heterocycles. The molecule has 2 aromatic carbocycles. The second kappa shape index (κ2) is 5.42. The summed E-state index contributed by atoms with van der Waals surface area (Å²) in [4.78, 5) is 1.42. The summed E-state index contributed by atoms with van der Waals surface area (Å²) in [6.07, 6.45) is 0. The van der Waals surface area contributed by atoms with E-state index in [1.165, 1.54) is 4.90 Å². The Hall–Kier alpha value is -1.15. The summed E-state index contributed by atoms with van der Waals surface area (Å²) in [6, 6.07) is 15.3. The van der Waals surface area contributed by atoms with Gasteiger partial charge in [-0.1, -0.05) is 38.1 Å². The molecule has 2 N–H and O–H groups in total. The average molecular weight is 379 g/mol. The van der Waals surface area contributed by atoms with Gasteiger partial charge in [0, 0.05) is 16.1 Å². The van der Waals surface area contributed by atoms with Gasteiger partial charge in [0.1, 0.15) is 0 Å². The molecule has 4 nitrogen and oxygen atoms in total. The number of rotatable bonds is 3. The van der Waals surface area contributed by atoms with Crippen LogP contribution in [0.25, 0.3) is 0 Å². The molecule has 2 aliphatic rings. The van der Waals surface area contributed by atoms with Gasteiger partial charge in [0.05, 0.1) is 10.6 Å². The average Bonchev–Trinajstić information content (AvgIpc) is 2.90.